The van der Waals surface area contributed by atoms with Crippen molar-refractivity contribution in [2.24, 2.45) is 0 Å². The van der Waals surface area contributed by atoms with E-state index in [1.54, 1.807) is 0 Å². The van der Waals surface area contributed by atoms with E-state index in [0.29, 0.717) is 24.1 Å². The number of hydrogen-bond acceptors (Lipinski definition) is 4. The molecule has 6 nitrogen and oxygen atoms in total. The lowest BCUT2D eigenvalue weighted by Gasteiger charge is -2.29. The topological polar surface area (TPSA) is 87.3 Å². The molecule has 1 amide bonds. The van der Waals surface area contributed by atoms with Crippen LogP contribution < -0.4 is 15.4 Å². The van der Waals surface area contributed by atoms with Crippen LogP contribution in [0.4, 0.5) is 17.6 Å². The van der Waals surface area contributed by atoms with Crippen LogP contribution in [-0.2, 0) is 34.0 Å². The fourth-order valence-corrected chi connectivity index (χ4v) is 6.49. The molecule has 0 fully saturated rings. The summed E-state index contributed by atoms with van der Waals surface area (Å²) in [4.78, 5) is 12.7. The molecule has 0 saturated carbocycles. The molecule has 3 aromatic rings. The Balaban J connectivity index is 1.55. The highest BCUT2D eigenvalue weighted by atomic mass is 35.5. The molecule has 0 bridgehead atoms. The van der Waals surface area contributed by atoms with Crippen LogP contribution in [0.1, 0.15) is 79.9 Å². The molecule has 43 heavy (non-hydrogen) atoms. The van der Waals surface area contributed by atoms with Crippen molar-refractivity contribution in [2.45, 2.75) is 81.7 Å². The Morgan fingerprint density at radius 2 is 1.74 bits per heavy atom. The highest BCUT2D eigenvalue weighted by Gasteiger charge is 2.33. The zero-order chi connectivity index (χ0) is 31.6. The van der Waals surface area contributed by atoms with Crippen molar-refractivity contribution in [3.05, 3.63) is 99.3 Å². The number of sulfonamides is 1. The van der Waals surface area contributed by atoms with Gasteiger partial charge in [0.15, 0.2) is 0 Å². The summed E-state index contributed by atoms with van der Waals surface area (Å²) in [7, 11) is -4.50. The minimum Gasteiger partial charge on any atom is -0.349 e. The van der Waals surface area contributed by atoms with Crippen LogP contribution in [0.5, 0.6) is 0 Å². The first kappa shape index (κ1) is 32.9. The zero-order valence-corrected chi connectivity index (χ0v) is 25.6. The van der Waals surface area contributed by atoms with E-state index in [-0.39, 0.29) is 23.6 Å². The lowest BCUT2D eigenvalue weighted by molar-refractivity contribution is -0.137. The van der Waals surface area contributed by atoms with Gasteiger partial charge in [0.2, 0.25) is 15.9 Å². The number of alkyl halides is 3. The van der Waals surface area contributed by atoms with Gasteiger partial charge in [-0.1, -0.05) is 35.9 Å². The highest BCUT2D eigenvalue weighted by molar-refractivity contribution is 7.89. The molecule has 0 aromatic heterocycles. The van der Waals surface area contributed by atoms with Crippen LogP contribution in [-0.4, -0.2) is 19.9 Å². The molecule has 0 unspecified atom stereocenters. The van der Waals surface area contributed by atoms with Gasteiger partial charge in [-0.3, -0.25) is 4.79 Å². The van der Waals surface area contributed by atoms with Gasteiger partial charge in [0.05, 0.1) is 22.5 Å². The lowest BCUT2D eigenvalue weighted by Crippen LogP contribution is -2.36. The Bertz CT molecular complexity index is 1570. The third-order valence-corrected chi connectivity index (χ3v) is 9.02. The smallest absolute Gasteiger partial charge is 0.349 e. The Labute approximate surface area is 254 Å². The lowest BCUT2D eigenvalue weighted by atomic mass is 9.86. The average molecular weight is 640 g/mol. The number of carbonyl (C=O) groups is 1. The number of rotatable bonds is 9. The average Bonchev–Trinajstić information content (AvgIpc) is 2.91. The Kier molecular flexibility index (Phi) is 9.90. The SMILES string of the molecule is CC(C)(C)NCc1cc2c(cc1Cl)[C@H](NC(=O)C[C@@H](NS(=O)(=O)c1cccc(C(F)(F)F)c1)c1ccc(F)cc1)CCC2. The second kappa shape index (κ2) is 12.9. The normalized spacial score (nSPS) is 16.4. The van der Waals surface area contributed by atoms with Gasteiger partial charge in [0.1, 0.15) is 5.82 Å². The van der Waals surface area contributed by atoms with Gasteiger partial charge >= 0.3 is 6.18 Å². The molecule has 3 N–H and O–H groups in total. The summed E-state index contributed by atoms with van der Waals surface area (Å²) in [6.45, 7) is 6.76. The van der Waals surface area contributed by atoms with Crippen LogP contribution in [0, 0.1) is 5.82 Å². The second-order valence-corrected chi connectivity index (χ2v) is 13.8. The molecule has 1 aliphatic rings. The number of nitrogens with one attached hydrogen (secondary N) is 3. The molecular formula is C31H34ClF4N3O3S. The van der Waals surface area contributed by atoms with Crippen molar-refractivity contribution in [1.82, 2.24) is 15.4 Å². The monoisotopic (exact) mass is 639 g/mol. The third kappa shape index (κ3) is 8.78. The number of fused-ring (bicyclic) bond motifs is 1. The quantitative estimate of drug-likeness (QED) is 0.220. The van der Waals surface area contributed by atoms with E-state index in [9.17, 15) is 30.8 Å². The molecule has 0 radical (unpaired) electrons. The second-order valence-electron chi connectivity index (χ2n) is 11.7. The van der Waals surface area contributed by atoms with E-state index in [4.69, 9.17) is 11.6 Å². The van der Waals surface area contributed by atoms with Crippen LogP contribution in [0.3, 0.4) is 0 Å². The van der Waals surface area contributed by atoms with Crippen molar-refractivity contribution in [2.75, 3.05) is 0 Å². The van der Waals surface area contributed by atoms with Crippen LogP contribution >= 0.6 is 11.6 Å². The van der Waals surface area contributed by atoms with Gasteiger partial charge in [-0.15, -0.1) is 0 Å². The minimum atomic E-state index is -4.75. The first-order chi connectivity index (χ1) is 20.0. The number of halogens is 5. The Morgan fingerprint density at radius 1 is 1.05 bits per heavy atom. The van der Waals surface area contributed by atoms with Gasteiger partial charge in [-0.2, -0.15) is 13.2 Å². The predicted molar refractivity (Wildman–Crippen MR) is 157 cm³/mol. The fraction of sp³-hybridized carbons (Fsp3) is 0.387. The number of amides is 1. The van der Waals surface area contributed by atoms with Crippen molar-refractivity contribution in [3.63, 3.8) is 0 Å². The molecule has 2 atom stereocenters. The van der Waals surface area contributed by atoms with Gasteiger partial charge in [0.25, 0.3) is 0 Å². The predicted octanol–water partition coefficient (Wildman–Crippen LogP) is 6.99. The molecule has 12 heteroatoms. The van der Waals surface area contributed by atoms with E-state index in [2.05, 4.69) is 36.1 Å². The molecule has 0 saturated heterocycles. The molecule has 1 aliphatic carbocycles. The zero-order valence-electron chi connectivity index (χ0n) is 24.0. The summed E-state index contributed by atoms with van der Waals surface area (Å²) in [5.74, 6) is -1.06. The largest absolute Gasteiger partial charge is 0.416 e. The Morgan fingerprint density at radius 3 is 2.40 bits per heavy atom. The molecule has 4 rings (SSSR count). The van der Waals surface area contributed by atoms with Crippen molar-refractivity contribution >= 4 is 27.5 Å². The maximum Gasteiger partial charge on any atom is 0.416 e. The van der Waals surface area contributed by atoms with E-state index in [1.807, 2.05) is 12.1 Å². The van der Waals surface area contributed by atoms with E-state index in [1.165, 1.54) is 12.1 Å². The first-order valence-electron chi connectivity index (χ1n) is 13.8. The summed E-state index contributed by atoms with van der Waals surface area (Å²) >= 11 is 6.61. The molecular weight excluding hydrogens is 606 g/mol. The standard InChI is InChI=1S/C31H34ClF4N3O3S/c1-30(2,3)37-18-21-14-20-6-4-9-27(25(20)16-26(21)32)38-29(40)17-28(19-10-12-23(33)13-11-19)39-43(41,42)24-8-5-7-22(15-24)31(34,35)36/h5,7-8,10-16,27-28,37,39H,4,6,9,17-18H2,1-3H3,(H,38,40)/t27-,28-/m1/s1. The number of aryl methyl sites for hydroxylation is 1. The molecule has 0 heterocycles. The molecule has 232 valence electrons. The van der Waals surface area contributed by atoms with Crippen molar-refractivity contribution < 1.29 is 30.8 Å². The van der Waals surface area contributed by atoms with Gasteiger partial charge in [-0.05, 0) is 98.7 Å². The number of benzene rings is 3. The van der Waals surface area contributed by atoms with E-state index in [0.717, 1.165) is 59.9 Å². The van der Waals surface area contributed by atoms with Gasteiger partial charge < -0.3 is 10.6 Å². The molecule has 3 aromatic carbocycles. The molecule has 0 aliphatic heterocycles. The first-order valence-corrected chi connectivity index (χ1v) is 15.7. The van der Waals surface area contributed by atoms with Crippen LogP contribution in [0.25, 0.3) is 0 Å². The van der Waals surface area contributed by atoms with Gasteiger partial charge in [0, 0.05) is 23.5 Å². The summed E-state index contributed by atoms with van der Waals surface area (Å²) in [5, 5.41) is 6.96. The van der Waals surface area contributed by atoms with Crippen molar-refractivity contribution in [3.8, 4) is 0 Å². The van der Waals surface area contributed by atoms with E-state index < -0.39 is 44.4 Å². The number of hydrogen-bond donors (Lipinski definition) is 3. The minimum absolute atomic E-state index is 0.0978. The van der Waals surface area contributed by atoms with Gasteiger partial charge in [-0.25, -0.2) is 17.5 Å². The third-order valence-electron chi connectivity index (χ3n) is 7.20. The number of carbonyl (C=O) groups excluding carboxylic acids is 1. The maximum atomic E-state index is 13.6. The highest BCUT2D eigenvalue weighted by Crippen LogP contribution is 2.35. The summed E-state index contributed by atoms with van der Waals surface area (Å²) < 4.78 is 82.1. The summed E-state index contributed by atoms with van der Waals surface area (Å²) in [6.07, 6.45) is -2.85. The van der Waals surface area contributed by atoms with E-state index >= 15 is 0 Å². The Hall–Kier alpha value is -2.99. The van der Waals surface area contributed by atoms with Crippen molar-refractivity contribution in [1.29, 1.82) is 0 Å². The molecule has 0 spiro atoms. The maximum absolute atomic E-state index is 13.6. The van der Waals surface area contributed by atoms with Crippen LogP contribution in [0.15, 0.2) is 65.6 Å². The summed E-state index contributed by atoms with van der Waals surface area (Å²) in [6, 6.07) is 10.5. The fourth-order valence-electron chi connectivity index (χ4n) is 4.98. The van der Waals surface area contributed by atoms with Crippen LogP contribution in [0.2, 0.25) is 5.02 Å². The summed E-state index contributed by atoms with van der Waals surface area (Å²) in [5.41, 5.74) is 1.94.